The van der Waals surface area contributed by atoms with Crippen molar-refractivity contribution < 1.29 is 22.8 Å². The number of hydrogen-bond donors (Lipinski definition) is 0. The fraction of sp³-hybridized carbons (Fsp3) is 0.167. The molecule has 0 spiro atoms. The summed E-state index contributed by atoms with van der Waals surface area (Å²) in [4.78, 5) is 22.5. The number of ketones is 2. The van der Waals surface area contributed by atoms with Crippen LogP contribution in [-0.4, -0.2) is 17.7 Å². The molecular weight excluding hydrogens is 233 g/mol. The van der Waals surface area contributed by atoms with Crippen molar-refractivity contribution in [2.24, 2.45) is 0 Å². The van der Waals surface area contributed by atoms with Crippen LogP contribution in [0, 0.1) is 0 Å². The van der Waals surface area contributed by atoms with Crippen LogP contribution < -0.4 is 0 Å². The second-order valence-corrected chi connectivity index (χ2v) is 3.68. The number of carbonyl (C=O) groups excluding carboxylic acids is 2. The van der Waals surface area contributed by atoms with Gasteiger partial charge in [0.15, 0.2) is 5.78 Å². The van der Waals surface area contributed by atoms with Crippen LogP contribution in [0.15, 0.2) is 29.8 Å². The molecule has 0 saturated heterocycles. The molecule has 0 unspecified atom stereocenters. The van der Waals surface area contributed by atoms with E-state index in [0.717, 1.165) is 6.08 Å². The number of alkyl halides is 3. The van der Waals surface area contributed by atoms with Crippen molar-refractivity contribution in [2.45, 2.75) is 12.6 Å². The van der Waals surface area contributed by atoms with Gasteiger partial charge in [-0.05, 0) is 17.2 Å². The fourth-order valence-corrected chi connectivity index (χ4v) is 1.69. The lowest BCUT2D eigenvalue weighted by atomic mass is 9.89. The zero-order valence-corrected chi connectivity index (χ0v) is 8.54. The summed E-state index contributed by atoms with van der Waals surface area (Å²) in [6, 6.07) is 6.56. The number of carbonyl (C=O) groups is 2. The Morgan fingerprint density at radius 3 is 2.47 bits per heavy atom. The number of fused-ring (bicyclic) bond motifs is 1. The van der Waals surface area contributed by atoms with Crippen LogP contribution in [0.4, 0.5) is 13.2 Å². The zero-order valence-electron chi connectivity index (χ0n) is 8.54. The van der Waals surface area contributed by atoms with Crippen LogP contribution in [0.3, 0.4) is 0 Å². The van der Waals surface area contributed by atoms with E-state index in [1.807, 2.05) is 0 Å². The maximum atomic E-state index is 12.2. The second-order valence-electron chi connectivity index (χ2n) is 3.68. The molecule has 0 radical (unpaired) electrons. The smallest absolute Gasteiger partial charge is 0.294 e. The van der Waals surface area contributed by atoms with Gasteiger partial charge in [-0.3, -0.25) is 9.59 Å². The summed E-state index contributed by atoms with van der Waals surface area (Å²) in [5.74, 6) is -2.86. The average molecular weight is 240 g/mol. The van der Waals surface area contributed by atoms with E-state index in [1.54, 1.807) is 24.3 Å². The predicted molar refractivity (Wildman–Crippen MR) is 54.2 cm³/mol. The molecule has 2 nitrogen and oxygen atoms in total. The molecule has 88 valence electrons. The Labute approximate surface area is 94.7 Å². The maximum absolute atomic E-state index is 12.2. The third-order valence-electron chi connectivity index (χ3n) is 2.51. The monoisotopic (exact) mass is 240 g/mol. The van der Waals surface area contributed by atoms with Gasteiger partial charge in [-0.25, -0.2) is 0 Å². The van der Waals surface area contributed by atoms with Gasteiger partial charge in [0.05, 0.1) is 5.57 Å². The lowest BCUT2D eigenvalue weighted by Gasteiger charge is -2.15. The van der Waals surface area contributed by atoms with Crippen molar-refractivity contribution in [3.05, 3.63) is 41.0 Å². The van der Waals surface area contributed by atoms with Crippen molar-refractivity contribution in [3.8, 4) is 0 Å². The van der Waals surface area contributed by atoms with Gasteiger partial charge in [0.1, 0.15) is 0 Å². The molecule has 17 heavy (non-hydrogen) atoms. The van der Waals surface area contributed by atoms with E-state index < -0.39 is 23.3 Å². The van der Waals surface area contributed by atoms with Gasteiger partial charge in [0.25, 0.3) is 5.78 Å². The number of allylic oxidation sites excluding steroid dienone is 1. The zero-order chi connectivity index (χ0) is 12.6. The van der Waals surface area contributed by atoms with Crippen molar-refractivity contribution >= 4 is 17.6 Å². The van der Waals surface area contributed by atoms with E-state index in [9.17, 15) is 22.8 Å². The van der Waals surface area contributed by atoms with E-state index in [1.165, 1.54) is 0 Å². The van der Waals surface area contributed by atoms with E-state index in [4.69, 9.17) is 0 Å². The van der Waals surface area contributed by atoms with Crippen molar-refractivity contribution in [2.75, 3.05) is 0 Å². The van der Waals surface area contributed by atoms with Crippen LogP contribution in [0.2, 0.25) is 0 Å². The molecular formula is C12H7F3O2. The Morgan fingerprint density at radius 1 is 1.18 bits per heavy atom. The first kappa shape index (κ1) is 11.6. The molecule has 0 bridgehead atoms. The normalized spacial score (nSPS) is 15.2. The molecule has 1 aliphatic carbocycles. The fourth-order valence-electron chi connectivity index (χ4n) is 1.69. The highest BCUT2D eigenvalue weighted by atomic mass is 19.4. The standard InChI is InChI=1S/C12H7F3O2/c13-12(14,15)11(17)9-5-7-3-1-2-4-8(7)6-10(9)16/h1-5H,6H2. The van der Waals surface area contributed by atoms with Gasteiger partial charge in [-0.1, -0.05) is 24.3 Å². The van der Waals surface area contributed by atoms with Crippen molar-refractivity contribution in [1.82, 2.24) is 0 Å². The van der Waals surface area contributed by atoms with Crippen molar-refractivity contribution in [3.63, 3.8) is 0 Å². The highest BCUT2D eigenvalue weighted by Gasteiger charge is 2.43. The molecule has 1 aromatic carbocycles. The van der Waals surface area contributed by atoms with Gasteiger partial charge < -0.3 is 0 Å². The van der Waals surface area contributed by atoms with Crippen LogP contribution in [0.5, 0.6) is 0 Å². The number of halogens is 3. The first-order valence-electron chi connectivity index (χ1n) is 4.84. The number of benzene rings is 1. The van der Waals surface area contributed by atoms with E-state index in [0.29, 0.717) is 11.1 Å². The second kappa shape index (κ2) is 3.84. The maximum Gasteiger partial charge on any atom is 0.455 e. The first-order valence-corrected chi connectivity index (χ1v) is 4.84. The largest absolute Gasteiger partial charge is 0.455 e. The predicted octanol–water partition coefficient (Wildman–Crippen LogP) is 2.33. The van der Waals surface area contributed by atoms with Gasteiger partial charge in [-0.15, -0.1) is 0 Å². The van der Waals surface area contributed by atoms with E-state index in [-0.39, 0.29) is 6.42 Å². The van der Waals surface area contributed by atoms with E-state index in [2.05, 4.69) is 0 Å². The van der Waals surface area contributed by atoms with Gasteiger partial charge in [-0.2, -0.15) is 13.2 Å². The van der Waals surface area contributed by atoms with Crippen LogP contribution in [-0.2, 0) is 16.0 Å². The summed E-state index contributed by atoms with van der Waals surface area (Å²) in [5, 5.41) is 0. The Kier molecular flexibility index (Phi) is 2.61. The molecule has 0 saturated carbocycles. The van der Waals surface area contributed by atoms with Crippen LogP contribution in [0.25, 0.3) is 6.08 Å². The molecule has 0 atom stereocenters. The average Bonchev–Trinajstić information content (AvgIpc) is 2.26. The Morgan fingerprint density at radius 2 is 1.82 bits per heavy atom. The molecule has 1 aliphatic rings. The topological polar surface area (TPSA) is 34.1 Å². The molecule has 0 amide bonds. The first-order chi connectivity index (χ1) is 7.89. The summed E-state index contributed by atoms with van der Waals surface area (Å²) in [7, 11) is 0. The minimum Gasteiger partial charge on any atom is -0.294 e. The molecule has 0 N–H and O–H groups in total. The summed E-state index contributed by atoms with van der Waals surface area (Å²) in [6.45, 7) is 0. The SMILES string of the molecule is O=C1Cc2ccccc2C=C1C(=O)C(F)(F)F. The van der Waals surface area contributed by atoms with Crippen LogP contribution >= 0.6 is 0 Å². The van der Waals surface area contributed by atoms with E-state index >= 15 is 0 Å². The highest BCUT2D eigenvalue weighted by molar-refractivity contribution is 6.26. The molecule has 0 fully saturated rings. The van der Waals surface area contributed by atoms with Crippen LogP contribution in [0.1, 0.15) is 11.1 Å². The molecule has 0 aromatic heterocycles. The molecule has 0 heterocycles. The van der Waals surface area contributed by atoms with Gasteiger partial charge in [0.2, 0.25) is 0 Å². The lowest BCUT2D eigenvalue weighted by molar-refractivity contribution is -0.167. The quantitative estimate of drug-likeness (QED) is 0.706. The Balaban J connectivity index is 2.47. The van der Waals surface area contributed by atoms with Gasteiger partial charge in [0, 0.05) is 6.42 Å². The lowest BCUT2D eigenvalue weighted by Crippen LogP contribution is -2.30. The number of hydrogen-bond acceptors (Lipinski definition) is 2. The minimum absolute atomic E-state index is 0.163. The number of Topliss-reactive ketones (excluding diaryl/α,β-unsaturated/α-hetero) is 2. The van der Waals surface area contributed by atoms with Crippen molar-refractivity contribution in [1.29, 1.82) is 0 Å². The third kappa shape index (κ3) is 2.13. The molecule has 1 aromatic rings. The Bertz CT molecular complexity index is 527. The summed E-state index contributed by atoms with van der Waals surface area (Å²) in [6.07, 6.45) is -4.16. The Hall–Kier alpha value is -1.91. The molecule has 0 aliphatic heterocycles. The summed E-state index contributed by atoms with van der Waals surface area (Å²) < 4.78 is 36.7. The van der Waals surface area contributed by atoms with Gasteiger partial charge >= 0.3 is 6.18 Å². The summed E-state index contributed by atoms with van der Waals surface area (Å²) in [5.41, 5.74) is 0.340. The third-order valence-corrected chi connectivity index (χ3v) is 2.51. The highest BCUT2D eigenvalue weighted by Crippen LogP contribution is 2.27. The molecule has 2 rings (SSSR count). The summed E-state index contributed by atoms with van der Waals surface area (Å²) >= 11 is 0. The minimum atomic E-state index is -5.01. The molecule has 5 heteroatoms. The number of rotatable bonds is 1.